The average molecular weight is 213 g/mol. The molecule has 0 heterocycles. The molecule has 0 aromatic heterocycles. The van der Waals surface area contributed by atoms with E-state index in [2.05, 4.69) is 19.2 Å². The maximum absolute atomic E-state index is 5.15. The van der Waals surface area contributed by atoms with Crippen molar-refractivity contribution in [2.45, 2.75) is 52.0 Å². The highest BCUT2D eigenvalue weighted by Crippen LogP contribution is 2.33. The van der Waals surface area contributed by atoms with Gasteiger partial charge in [0.15, 0.2) is 0 Å². The second kappa shape index (κ2) is 7.24. The molecule has 0 spiro atoms. The van der Waals surface area contributed by atoms with Crippen molar-refractivity contribution >= 4 is 0 Å². The van der Waals surface area contributed by atoms with Crippen LogP contribution < -0.4 is 5.32 Å². The molecule has 1 aliphatic carbocycles. The smallest absolute Gasteiger partial charge is 0.0464 e. The first-order valence-electron chi connectivity index (χ1n) is 6.50. The van der Waals surface area contributed by atoms with Gasteiger partial charge in [-0.1, -0.05) is 13.8 Å². The summed E-state index contributed by atoms with van der Waals surface area (Å²) in [6, 6.07) is 0.792. The quantitative estimate of drug-likeness (QED) is 0.702. The average Bonchev–Trinajstić information content (AvgIpc) is 2.71. The molecule has 2 heteroatoms. The maximum Gasteiger partial charge on any atom is 0.0464 e. The first kappa shape index (κ1) is 13.0. The minimum absolute atomic E-state index is 0.792. The molecule has 1 saturated carbocycles. The molecule has 0 aromatic rings. The molecule has 0 amide bonds. The second-order valence-corrected chi connectivity index (χ2v) is 4.98. The lowest BCUT2D eigenvalue weighted by Gasteiger charge is -2.19. The predicted molar refractivity (Wildman–Crippen MR) is 65.1 cm³/mol. The summed E-state index contributed by atoms with van der Waals surface area (Å²) in [6.07, 6.45) is 6.64. The molecule has 2 nitrogen and oxygen atoms in total. The van der Waals surface area contributed by atoms with Crippen LogP contribution in [0, 0.1) is 11.8 Å². The first-order valence-corrected chi connectivity index (χ1v) is 6.50. The van der Waals surface area contributed by atoms with Crippen LogP contribution in [-0.2, 0) is 4.74 Å². The molecule has 1 rings (SSSR count). The summed E-state index contributed by atoms with van der Waals surface area (Å²) in [4.78, 5) is 0. The number of hydrogen-bond donors (Lipinski definition) is 1. The van der Waals surface area contributed by atoms with Crippen LogP contribution in [0.25, 0.3) is 0 Å². The van der Waals surface area contributed by atoms with E-state index in [-0.39, 0.29) is 0 Å². The van der Waals surface area contributed by atoms with Crippen LogP contribution >= 0.6 is 0 Å². The number of nitrogens with one attached hydrogen (secondary N) is 1. The molecule has 1 fully saturated rings. The summed E-state index contributed by atoms with van der Waals surface area (Å²) < 4.78 is 5.15. The largest absolute Gasteiger partial charge is 0.385 e. The monoisotopic (exact) mass is 213 g/mol. The summed E-state index contributed by atoms with van der Waals surface area (Å²) in [7, 11) is 1.80. The molecule has 3 unspecified atom stereocenters. The van der Waals surface area contributed by atoms with Crippen LogP contribution in [0.1, 0.15) is 46.0 Å². The standard InChI is InChI=1S/C13H27NO/c1-4-8-14-13-6-5-12(10-13)11(2)7-9-15-3/h11-14H,4-10H2,1-3H3. The van der Waals surface area contributed by atoms with E-state index >= 15 is 0 Å². The van der Waals surface area contributed by atoms with E-state index in [0.717, 1.165) is 24.5 Å². The zero-order valence-corrected chi connectivity index (χ0v) is 10.6. The summed E-state index contributed by atoms with van der Waals surface area (Å²) in [6.45, 7) is 6.72. The van der Waals surface area contributed by atoms with Gasteiger partial charge in [-0.05, 0) is 50.5 Å². The summed E-state index contributed by atoms with van der Waals surface area (Å²) in [5, 5.41) is 3.64. The Balaban J connectivity index is 2.17. The molecular weight excluding hydrogens is 186 g/mol. The van der Waals surface area contributed by atoms with Crippen LogP contribution in [0.15, 0.2) is 0 Å². The number of rotatable bonds is 7. The normalized spacial score (nSPS) is 28.2. The summed E-state index contributed by atoms with van der Waals surface area (Å²) in [5.41, 5.74) is 0. The van der Waals surface area contributed by atoms with E-state index in [9.17, 15) is 0 Å². The fourth-order valence-corrected chi connectivity index (χ4v) is 2.61. The Morgan fingerprint density at radius 3 is 2.87 bits per heavy atom. The highest BCUT2D eigenvalue weighted by Gasteiger charge is 2.27. The van der Waals surface area contributed by atoms with Crippen molar-refractivity contribution in [3.63, 3.8) is 0 Å². The maximum atomic E-state index is 5.15. The van der Waals surface area contributed by atoms with Crippen molar-refractivity contribution in [2.24, 2.45) is 11.8 Å². The molecular formula is C13H27NO. The van der Waals surface area contributed by atoms with Crippen LogP contribution in [0.5, 0.6) is 0 Å². The Hall–Kier alpha value is -0.0800. The van der Waals surface area contributed by atoms with Crippen LogP contribution in [0.2, 0.25) is 0 Å². The Bertz CT molecular complexity index is 161. The highest BCUT2D eigenvalue weighted by atomic mass is 16.5. The molecule has 0 bridgehead atoms. The Morgan fingerprint density at radius 2 is 2.20 bits per heavy atom. The molecule has 90 valence electrons. The van der Waals surface area contributed by atoms with Gasteiger partial charge < -0.3 is 10.1 Å². The lowest BCUT2D eigenvalue weighted by Crippen LogP contribution is -2.27. The minimum Gasteiger partial charge on any atom is -0.385 e. The SMILES string of the molecule is CCCNC1CCC(C(C)CCOC)C1. The van der Waals surface area contributed by atoms with E-state index in [1.165, 1.54) is 38.6 Å². The van der Waals surface area contributed by atoms with Gasteiger partial charge in [0.1, 0.15) is 0 Å². The Kier molecular flexibility index (Phi) is 6.26. The zero-order chi connectivity index (χ0) is 11.1. The van der Waals surface area contributed by atoms with Gasteiger partial charge in [-0.15, -0.1) is 0 Å². The van der Waals surface area contributed by atoms with E-state index in [4.69, 9.17) is 4.74 Å². The molecule has 1 N–H and O–H groups in total. The van der Waals surface area contributed by atoms with Gasteiger partial charge in [0.05, 0.1) is 0 Å². The third-order valence-electron chi connectivity index (χ3n) is 3.74. The van der Waals surface area contributed by atoms with Crippen molar-refractivity contribution in [1.82, 2.24) is 5.32 Å². The first-order chi connectivity index (χ1) is 7.27. The summed E-state index contributed by atoms with van der Waals surface area (Å²) in [5.74, 6) is 1.76. The number of hydrogen-bond acceptors (Lipinski definition) is 2. The van der Waals surface area contributed by atoms with E-state index in [1.807, 2.05) is 0 Å². The Labute approximate surface area is 94.8 Å². The van der Waals surface area contributed by atoms with Gasteiger partial charge in [0, 0.05) is 19.8 Å². The van der Waals surface area contributed by atoms with Crippen LogP contribution in [-0.4, -0.2) is 26.3 Å². The van der Waals surface area contributed by atoms with Crippen molar-refractivity contribution in [2.75, 3.05) is 20.3 Å². The van der Waals surface area contributed by atoms with Gasteiger partial charge in [0.2, 0.25) is 0 Å². The van der Waals surface area contributed by atoms with E-state index in [0.29, 0.717) is 0 Å². The number of methoxy groups -OCH3 is 1. The fourth-order valence-electron chi connectivity index (χ4n) is 2.61. The lowest BCUT2D eigenvalue weighted by atomic mass is 9.90. The van der Waals surface area contributed by atoms with Crippen LogP contribution in [0.3, 0.4) is 0 Å². The van der Waals surface area contributed by atoms with E-state index in [1.54, 1.807) is 7.11 Å². The second-order valence-electron chi connectivity index (χ2n) is 4.98. The van der Waals surface area contributed by atoms with Gasteiger partial charge in [-0.25, -0.2) is 0 Å². The molecule has 15 heavy (non-hydrogen) atoms. The molecule has 0 saturated heterocycles. The predicted octanol–water partition coefficient (Wildman–Crippen LogP) is 2.83. The highest BCUT2D eigenvalue weighted by molar-refractivity contribution is 4.83. The van der Waals surface area contributed by atoms with Gasteiger partial charge in [-0.3, -0.25) is 0 Å². The van der Waals surface area contributed by atoms with Crippen molar-refractivity contribution in [3.8, 4) is 0 Å². The molecule has 0 aliphatic heterocycles. The van der Waals surface area contributed by atoms with Crippen molar-refractivity contribution < 1.29 is 4.74 Å². The molecule has 0 aromatic carbocycles. The fraction of sp³-hybridized carbons (Fsp3) is 1.00. The third kappa shape index (κ3) is 4.52. The van der Waals surface area contributed by atoms with Crippen LogP contribution in [0.4, 0.5) is 0 Å². The van der Waals surface area contributed by atoms with Crippen molar-refractivity contribution in [1.29, 1.82) is 0 Å². The molecule has 3 atom stereocenters. The zero-order valence-electron chi connectivity index (χ0n) is 10.6. The lowest BCUT2D eigenvalue weighted by molar-refractivity contribution is 0.165. The van der Waals surface area contributed by atoms with E-state index < -0.39 is 0 Å². The molecule has 0 radical (unpaired) electrons. The van der Waals surface area contributed by atoms with Gasteiger partial charge >= 0.3 is 0 Å². The molecule has 1 aliphatic rings. The number of ether oxygens (including phenoxy) is 1. The van der Waals surface area contributed by atoms with Gasteiger partial charge in [0.25, 0.3) is 0 Å². The summed E-state index contributed by atoms with van der Waals surface area (Å²) >= 11 is 0. The Morgan fingerprint density at radius 1 is 1.40 bits per heavy atom. The third-order valence-corrected chi connectivity index (χ3v) is 3.74. The topological polar surface area (TPSA) is 21.3 Å². The van der Waals surface area contributed by atoms with Crippen molar-refractivity contribution in [3.05, 3.63) is 0 Å². The van der Waals surface area contributed by atoms with Gasteiger partial charge in [-0.2, -0.15) is 0 Å². The minimum atomic E-state index is 0.792.